The van der Waals surface area contributed by atoms with Crippen LogP contribution in [0.25, 0.3) is 0 Å². The van der Waals surface area contributed by atoms with Crippen LogP contribution in [0.5, 0.6) is 0 Å². The lowest BCUT2D eigenvalue weighted by Gasteiger charge is -2.39. The number of likely N-dealkylation sites (tertiary alicyclic amines) is 1. The van der Waals surface area contributed by atoms with Crippen molar-refractivity contribution in [2.75, 3.05) is 20.3 Å². The van der Waals surface area contributed by atoms with E-state index in [-0.39, 0.29) is 6.10 Å². The van der Waals surface area contributed by atoms with Crippen molar-refractivity contribution in [3.05, 3.63) is 0 Å². The highest BCUT2D eigenvalue weighted by Crippen LogP contribution is 2.22. The van der Waals surface area contributed by atoms with E-state index in [9.17, 15) is 5.11 Å². The quantitative estimate of drug-likeness (QED) is 0.743. The molecule has 84 valence electrons. The molecule has 0 amide bonds. The topological polar surface area (TPSA) is 32.7 Å². The minimum absolute atomic E-state index is 0.344. The van der Waals surface area contributed by atoms with Crippen molar-refractivity contribution in [2.45, 2.75) is 51.3 Å². The van der Waals surface area contributed by atoms with E-state index in [0.29, 0.717) is 18.7 Å². The summed E-state index contributed by atoms with van der Waals surface area (Å²) in [6, 6.07) is 1.20. The van der Waals surface area contributed by atoms with E-state index < -0.39 is 0 Å². The molecule has 1 fully saturated rings. The van der Waals surface area contributed by atoms with Gasteiger partial charge in [0.15, 0.2) is 0 Å². The predicted molar refractivity (Wildman–Crippen MR) is 57.4 cm³/mol. The molecule has 3 heteroatoms. The van der Waals surface area contributed by atoms with Crippen LogP contribution < -0.4 is 0 Å². The molecule has 3 atom stereocenters. The van der Waals surface area contributed by atoms with Crippen LogP contribution in [-0.2, 0) is 4.74 Å². The Morgan fingerprint density at radius 2 is 1.93 bits per heavy atom. The molecule has 0 radical (unpaired) electrons. The van der Waals surface area contributed by atoms with Crippen LogP contribution >= 0.6 is 0 Å². The Labute approximate surface area is 87.1 Å². The second-order valence-corrected chi connectivity index (χ2v) is 4.43. The molecule has 0 aromatic carbocycles. The first-order chi connectivity index (χ1) is 6.65. The van der Waals surface area contributed by atoms with Crippen molar-refractivity contribution in [1.82, 2.24) is 4.90 Å². The molecule has 1 N–H and O–H groups in total. The molecule has 3 nitrogen and oxygen atoms in total. The van der Waals surface area contributed by atoms with Gasteiger partial charge in [-0.1, -0.05) is 6.42 Å². The van der Waals surface area contributed by atoms with Crippen LogP contribution in [0, 0.1) is 0 Å². The Morgan fingerprint density at radius 1 is 1.36 bits per heavy atom. The maximum absolute atomic E-state index is 9.67. The Morgan fingerprint density at radius 3 is 2.43 bits per heavy atom. The highest BCUT2D eigenvalue weighted by atomic mass is 16.5. The molecule has 0 spiro atoms. The number of β-amino-alcohol motifs (C(OH)–C–C–N with tert-alkyl or cyclic N) is 1. The Hall–Kier alpha value is -0.120. The smallest absolute Gasteiger partial charge is 0.0900 e. The fourth-order valence-corrected chi connectivity index (χ4v) is 2.32. The molecule has 0 aromatic rings. The summed E-state index contributed by atoms with van der Waals surface area (Å²) in [4.78, 5) is 2.40. The molecule has 0 aromatic heterocycles. The fourth-order valence-electron chi connectivity index (χ4n) is 2.32. The van der Waals surface area contributed by atoms with Gasteiger partial charge in [0, 0.05) is 25.7 Å². The van der Waals surface area contributed by atoms with Crippen LogP contribution in [-0.4, -0.2) is 48.5 Å². The number of piperidine rings is 1. The molecule has 1 heterocycles. The van der Waals surface area contributed by atoms with E-state index in [1.807, 2.05) is 0 Å². The Kier molecular flexibility index (Phi) is 4.85. The molecule has 0 aliphatic carbocycles. The molecule has 1 unspecified atom stereocenters. The van der Waals surface area contributed by atoms with Crippen molar-refractivity contribution in [2.24, 2.45) is 0 Å². The molecule has 1 rings (SSSR count). The summed E-state index contributed by atoms with van der Waals surface area (Å²) in [5.74, 6) is 0. The highest BCUT2D eigenvalue weighted by molar-refractivity contribution is 4.81. The van der Waals surface area contributed by atoms with Gasteiger partial charge >= 0.3 is 0 Å². The first-order valence-electron chi connectivity index (χ1n) is 5.58. The lowest BCUT2D eigenvalue weighted by molar-refractivity contribution is 0.00396. The third-order valence-electron chi connectivity index (χ3n) is 3.16. The fraction of sp³-hybridized carbons (Fsp3) is 1.00. The second kappa shape index (κ2) is 5.69. The minimum Gasteiger partial charge on any atom is -0.389 e. The largest absolute Gasteiger partial charge is 0.389 e. The van der Waals surface area contributed by atoms with E-state index in [0.717, 1.165) is 6.54 Å². The monoisotopic (exact) mass is 201 g/mol. The van der Waals surface area contributed by atoms with Crippen molar-refractivity contribution >= 4 is 0 Å². The lowest BCUT2D eigenvalue weighted by Crippen LogP contribution is -2.48. The molecule has 1 saturated heterocycles. The van der Waals surface area contributed by atoms with Crippen molar-refractivity contribution < 1.29 is 9.84 Å². The van der Waals surface area contributed by atoms with E-state index in [1.165, 1.54) is 19.3 Å². The summed E-state index contributed by atoms with van der Waals surface area (Å²) in [7, 11) is 1.63. The van der Waals surface area contributed by atoms with Gasteiger partial charge in [-0.2, -0.15) is 0 Å². The number of aliphatic hydroxyl groups excluding tert-OH is 1. The second-order valence-electron chi connectivity index (χ2n) is 4.43. The van der Waals surface area contributed by atoms with E-state index >= 15 is 0 Å². The van der Waals surface area contributed by atoms with Crippen molar-refractivity contribution in [1.29, 1.82) is 0 Å². The molecular formula is C11H23NO2. The summed E-state index contributed by atoms with van der Waals surface area (Å²) in [5, 5.41) is 9.67. The number of nitrogens with zero attached hydrogens (tertiary/aromatic N) is 1. The number of rotatable bonds is 4. The van der Waals surface area contributed by atoms with Gasteiger partial charge < -0.3 is 9.84 Å². The van der Waals surface area contributed by atoms with Crippen LogP contribution in [0.3, 0.4) is 0 Å². The number of methoxy groups -OCH3 is 1. The van der Waals surface area contributed by atoms with Gasteiger partial charge in [-0.25, -0.2) is 0 Å². The van der Waals surface area contributed by atoms with Crippen LogP contribution in [0.1, 0.15) is 33.1 Å². The molecule has 1 aliphatic heterocycles. The lowest BCUT2D eigenvalue weighted by atomic mass is 9.97. The van der Waals surface area contributed by atoms with Crippen LogP contribution in [0.15, 0.2) is 0 Å². The highest BCUT2D eigenvalue weighted by Gasteiger charge is 2.26. The van der Waals surface area contributed by atoms with Gasteiger partial charge in [0.1, 0.15) is 0 Å². The van der Waals surface area contributed by atoms with Crippen molar-refractivity contribution in [3.63, 3.8) is 0 Å². The van der Waals surface area contributed by atoms with E-state index in [1.54, 1.807) is 7.11 Å². The SMILES string of the molecule is COCC(O)CN1[C@H](C)CCC[C@@H]1C. The van der Waals surface area contributed by atoms with Crippen LogP contribution in [0.4, 0.5) is 0 Å². The Bertz CT molecular complexity index is 153. The van der Waals surface area contributed by atoms with Gasteiger partial charge in [-0.05, 0) is 26.7 Å². The van der Waals surface area contributed by atoms with Gasteiger partial charge in [0.2, 0.25) is 0 Å². The summed E-state index contributed by atoms with van der Waals surface area (Å²) < 4.78 is 4.94. The van der Waals surface area contributed by atoms with Gasteiger partial charge in [-0.3, -0.25) is 4.90 Å². The summed E-state index contributed by atoms with van der Waals surface area (Å²) in [6.45, 7) is 5.68. The number of hydrogen-bond donors (Lipinski definition) is 1. The maximum Gasteiger partial charge on any atom is 0.0900 e. The number of hydrogen-bond acceptors (Lipinski definition) is 3. The van der Waals surface area contributed by atoms with E-state index in [4.69, 9.17) is 4.74 Å². The number of ether oxygens (including phenoxy) is 1. The molecule has 0 saturated carbocycles. The van der Waals surface area contributed by atoms with Gasteiger partial charge in [0.25, 0.3) is 0 Å². The third-order valence-corrected chi connectivity index (χ3v) is 3.16. The molecule has 0 bridgehead atoms. The Balaban J connectivity index is 2.39. The van der Waals surface area contributed by atoms with E-state index in [2.05, 4.69) is 18.7 Å². The summed E-state index contributed by atoms with van der Waals surface area (Å²) >= 11 is 0. The molecule has 14 heavy (non-hydrogen) atoms. The van der Waals surface area contributed by atoms with Gasteiger partial charge in [-0.15, -0.1) is 0 Å². The number of aliphatic hydroxyl groups is 1. The normalized spacial score (nSPS) is 31.7. The van der Waals surface area contributed by atoms with Gasteiger partial charge in [0.05, 0.1) is 12.7 Å². The standard InChI is InChI=1S/C11H23NO2/c1-9-5-4-6-10(2)12(9)7-11(13)8-14-3/h9-11,13H,4-8H2,1-3H3/t9-,10+,11?. The molecule has 1 aliphatic rings. The first-order valence-corrected chi connectivity index (χ1v) is 5.58. The maximum atomic E-state index is 9.67. The summed E-state index contributed by atoms with van der Waals surface area (Å²) in [5.41, 5.74) is 0. The predicted octanol–water partition coefficient (Wildman–Crippen LogP) is 1.26. The summed E-state index contributed by atoms with van der Waals surface area (Å²) in [6.07, 6.45) is 3.48. The minimum atomic E-state index is -0.344. The average Bonchev–Trinajstić information content (AvgIpc) is 2.12. The first kappa shape index (κ1) is 12.0. The zero-order chi connectivity index (χ0) is 10.6. The molecular weight excluding hydrogens is 178 g/mol. The van der Waals surface area contributed by atoms with Crippen LogP contribution in [0.2, 0.25) is 0 Å². The zero-order valence-electron chi connectivity index (χ0n) is 9.57. The average molecular weight is 201 g/mol. The van der Waals surface area contributed by atoms with Crippen molar-refractivity contribution in [3.8, 4) is 0 Å². The third kappa shape index (κ3) is 3.23. The zero-order valence-corrected chi connectivity index (χ0v) is 9.57.